The molecule has 10 heteroatoms. The monoisotopic (exact) mass is 453 g/mol. The predicted molar refractivity (Wildman–Crippen MR) is 127 cm³/mol. The predicted octanol–water partition coefficient (Wildman–Crippen LogP) is 3.00. The van der Waals surface area contributed by atoms with Crippen molar-refractivity contribution in [3.05, 3.63) is 41.3 Å². The summed E-state index contributed by atoms with van der Waals surface area (Å²) in [5, 5.41) is 8.90. The van der Waals surface area contributed by atoms with Gasteiger partial charge >= 0.3 is 0 Å². The van der Waals surface area contributed by atoms with Crippen LogP contribution in [0.2, 0.25) is 0 Å². The Kier molecular flexibility index (Phi) is 6.81. The average Bonchev–Trinajstić information content (AvgIpc) is 3.43. The van der Waals surface area contributed by atoms with Gasteiger partial charge in [-0.15, -0.1) is 11.3 Å². The second-order valence-electron chi connectivity index (χ2n) is 7.57. The standard InChI is InChI=1S/C18H17N5OS.C4H10N2O/c1-24-14-9-23-11(6-7-21-23)8-13(14)22-17-16-12-4-2-3-5-15(12)25-18(16)20-10-19-17;1-6(4-7)3-2-5/h6-10H,2-5H2,1H3,(H,19,20,22);4H,2-3,5H2,1H3. The molecule has 0 atom stereocenters. The Morgan fingerprint density at radius 1 is 1.34 bits per heavy atom. The van der Waals surface area contributed by atoms with Crippen LogP contribution < -0.4 is 15.8 Å². The largest absolute Gasteiger partial charge is 0.493 e. The highest BCUT2D eigenvalue weighted by Gasteiger charge is 2.20. The topological polar surface area (TPSA) is 111 Å². The third-order valence-electron chi connectivity index (χ3n) is 5.38. The van der Waals surface area contributed by atoms with Crippen LogP contribution in [0.4, 0.5) is 11.5 Å². The van der Waals surface area contributed by atoms with E-state index in [4.69, 9.17) is 10.5 Å². The summed E-state index contributed by atoms with van der Waals surface area (Å²) < 4.78 is 7.33. The first-order valence-corrected chi connectivity index (χ1v) is 11.4. The van der Waals surface area contributed by atoms with Gasteiger partial charge in [0.25, 0.3) is 0 Å². The first-order chi connectivity index (χ1) is 15.6. The fraction of sp³-hybridized carbons (Fsp3) is 0.364. The van der Waals surface area contributed by atoms with E-state index in [2.05, 4.69) is 20.4 Å². The first kappa shape index (κ1) is 22.0. The van der Waals surface area contributed by atoms with E-state index in [9.17, 15) is 4.79 Å². The minimum atomic E-state index is 0.537. The molecule has 4 heterocycles. The summed E-state index contributed by atoms with van der Waals surface area (Å²) in [6.07, 6.45) is 10.8. The number of nitrogens with zero attached hydrogens (tertiary/aromatic N) is 5. The summed E-state index contributed by atoms with van der Waals surface area (Å²) in [5.41, 5.74) is 8.40. The molecule has 4 aromatic heterocycles. The Bertz CT molecular complexity index is 1220. The number of anilines is 2. The van der Waals surface area contributed by atoms with Gasteiger partial charge in [0.05, 0.1) is 29.9 Å². The third kappa shape index (κ3) is 4.51. The number of amides is 1. The lowest BCUT2D eigenvalue weighted by atomic mass is 9.97. The van der Waals surface area contributed by atoms with Crippen LogP contribution in [-0.2, 0) is 17.6 Å². The molecule has 0 radical (unpaired) electrons. The molecule has 1 amide bonds. The molecule has 0 saturated heterocycles. The number of thiophene rings is 1. The smallest absolute Gasteiger partial charge is 0.209 e. The Labute approximate surface area is 190 Å². The van der Waals surface area contributed by atoms with Crippen LogP contribution in [0.5, 0.6) is 5.75 Å². The molecular formula is C22H27N7O2S. The number of hydrogen-bond donors (Lipinski definition) is 2. The highest BCUT2D eigenvalue weighted by molar-refractivity contribution is 7.19. The van der Waals surface area contributed by atoms with Crippen molar-refractivity contribution in [3.8, 4) is 5.75 Å². The summed E-state index contributed by atoms with van der Waals surface area (Å²) in [5.74, 6) is 1.58. The molecule has 0 unspecified atom stereocenters. The number of fused-ring (bicyclic) bond motifs is 4. The molecule has 168 valence electrons. The summed E-state index contributed by atoms with van der Waals surface area (Å²) in [7, 11) is 3.36. The SMILES string of the molecule is CN(C=O)CCN.COc1cn2nccc2cc1Nc1ncnc2sc3c(c12)CCCC3. The summed E-state index contributed by atoms with van der Waals surface area (Å²) in [6, 6.07) is 3.99. The van der Waals surface area contributed by atoms with Gasteiger partial charge in [-0.3, -0.25) is 4.79 Å². The van der Waals surface area contributed by atoms with E-state index in [0.717, 1.165) is 52.2 Å². The van der Waals surface area contributed by atoms with Crippen LogP contribution in [0.3, 0.4) is 0 Å². The molecule has 0 fully saturated rings. The van der Waals surface area contributed by atoms with Gasteiger partial charge in [0.2, 0.25) is 6.41 Å². The molecular weight excluding hydrogens is 426 g/mol. The zero-order chi connectivity index (χ0) is 22.5. The van der Waals surface area contributed by atoms with Crippen molar-refractivity contribution in [2.24, 2.45) is 5.73 Å². The van der Waals surface area contributed by atoms with E-state index in [1.165, 1.54) is 28.2 Å². The number of aromatic nitrogens is 4. The number of carbonyl (C=O) groups is 1. The molecule has 0 saturated carbocycles. The molecule has 0 aliphatic heterocycles. The maximum absolute atomic E-state index is 9.77. The lowest BCUT2D eigenvalue weighted by molar-refractivity contribution is -0.116. The lowest BCUT2D eigenvalue weighted by Crippen LogP contribution is -2.23. The van der Waals surface area contributed by atoms with E-state index in [1.807, 2.05) is 18.3 Å². The number of hydrogen-bond acceptors (Lipinski definition) is 8. The van der Waals surface area contributed by atoms with Crippen molar-refractivity contribution >= 4 is 45.0 Å². The molecule has 0 spiro atoms. The summed E-state index contributed by atoms with van der Waals surface area (Å²) in [4.78, 5) is 22.8. The third-order valence-corrected chi connectivity index (χ3v) is 6.58. The van der Waals surface area contributed by atoms with Gasteiger partial charge in [0, 0.05) is 31.2 Å². The van der Waals surface area contributed by atoms with E-state index in [-0.39, 0.29) is 0 Å². The second kappa shape index (κ2) is 9.92. The van der Waals surface area contributed by atoms with E-state index in [1.54, 1.807) is 42.5 Å². The lowest BCUT2D eigenvalue weighted by Gasteiger charge is -2.14. The Morgan fingerprint density at radius 3 is 2.94 bits per heavy atom. The van der Waals surface area contributed by atoms with E-state index >= 15 is 0 Å². The zero-order valence-electron chi connectivity index (χ0n) is 18.2. The number of nitrogens with two attached hydrogens (primary N) is 1. The first-order valence-electron chi connectivity index (χ1n) is 10.5. The molecule has 9 nitrogen and oxygen atoms in total. The molecule has 4 aromatic rings. The zero-order valence-corrected chi connectivity index (χ0v) is 19.1. The quantitative estimate of drug-likeness (QED) is 0.432. The average molecular weight is 454 g/mol. The van der Waals surface area contributed by atoms with Crippen molar-refractivity contribution < 1.29 is 9.53 Å². The molecule has 1 aliphatic carbocycles. The molecule has 32 heavy (non-hydrogen) atoms. The highest BCUT2D eigenvalue weighted by atomic mass is 32.1. The van der Waals surface area contributed by atoms with Gasteiger partial charge in [-0.25, -0.2) is 14.5 Å². The van der Waals surface area contributed by atoms with Crippen LogP contribution in [-0.4, -0.2) is 58.1 Å². The van der Waals surface area contributed by atoms with Crippen molar-refractivity contribution in [2.75, 3.05) is 32.6 Å². The van der Waals surface area contributed by atoms with Crippen LogP contribution in [0.1, 0.15) is 23.3 Å². The molecule has 0 aromatic carbocycles. The Hall–Kier alpha value is -3.24. The van der Waals surface area contributed by atoms with Crippen molar-refractivity contribution in [3.63, 3.8) is 0 Å². The number of likely N-dealkylation sites (N-methyl/N-ethyl adjacent to an activating group) is 1. The van der Waals surface area contributed by atoms with Gasteiger partial charge in [-0.2, -0.15) is 5.10 Å². The van der Waals surface area contributed by atoms with Gasteiger partial charge in [0.15, 0.2) is 5.75 Å². The van der Waals surface area contributed by atoms with Crippen molar-refractivity contribution in [1.82, 2.24) is 24.5 Å². The van der Waals surface area contributed by atoms with Gasteiger partial charge in [0.1, 0.15) is 17.0 Å². The second-order valence-corrected chi connectivity index (χ2v) is 8.65. The Morgan fingerprint density at radius 2 is 2.19 bits per heavy atom. The summed E-state index contributed by atoms with van der Waals surface area (Å²) >= 11 is 1.80. The van der Waals surface area contributed by atoms with Gasteiger partial charge in [-0.05, 0) is 43.4 Å². The normalized spacial score (nSPS) is 12.7. The molecule has 3 N–H and O–H groups in total. The number of methoxy groups -OCH3 is 1. The maximum atomic E-state index is 9.77. The summed E-state index contributed by atoms with van der Waals surface area (Å²) in [6.45, 7) is 1.18. The number of nitrogens with one attached hydrogen (secondary N) is 1. The maximum Gasteiger partial charge on any atom is 0.209 e. The van der Waals surface area contributed by atoms with Crippen molar-refractivity contribution in [1.29, 1.82) is 0 Å². The number of ether oxygens (including phenoxy) is 1. The minimum absolute atomic E-state index is 0.537. The van der Waals surface area contributed by atoms with Gasteiger partial charge in [-0.1, -0.05) is 0 Å². The molecule has 0 bridgehead atoms. The van der Waals surface area contributed by atoms with Crippen LogP contribution in [0.15, 0.2) is 30.9 Å². The minimum Gasteiger partial charge on any atom is -0.493 e. The van der Waals surface area contributed by atoms with E-state index in [0.29, 0.717) is 13.1 Å². The van der Waals surface area contributed by atoms with E-state index < -0.39 is 0 Å². The number of carbonyl (C=O) groups excluding carboxylic acids is 1. The highest BCUT2D eigenvalue weighted by Crippen LogP contribution is 2.39. The van der Waals surface area contributed by atoms with Crippen LogP contribution in [0, 0.1) is 0 Å². The fourth-order valence-corrected chi connectivity index (χ4v) is 5.00. The van der Waals surface area contributed by atoms with Crippen LogP contribution >= 0.6 is 11.3 Å². The van der Waals surface area contributed by atoms with Crippen molar-refractivity contribution in [2.45, 2.75) is 25.7 Å². The Balaban J connectivity index is 0.000000307. The fourth-order valence-electron chi connectivity index (χ4n) is 3.78. The van der Waals surface area contributed by atoms with Crippen LogP contribution in [0.25, 0.3) is 15.7 Å². The molecule has 1 aliphatic rings. The molecule has 5 rings (SSSR count). The number of rotatable bonds is 6. The number of pyridine rings is 1. The number of aryl methyl sites for hydroxylation is 2. The van der Waals surface area contributed by atoms with Gasteiger partial charge < -0.3 is 20.7 Å².